The maximum atomic E-state index is 13.4. The van der Waals surface area contributed by atoms with Gasteiger partial charge in [-0.25, -0.2) is 13.8 Å². The molecule has 2 aromatic carbocycles. The number of thiazole rings is 1. The summed E-state index contributed by atoms with van der Waals surface area (Å²) in [5, 5.41) is 4.90. The van der Waals surface area contributed by atoms with Gasteiger partial charge in [-0.1, -0.05) is 30.3 Å². The molecule has 0 saturated carbocycles. The Hall–Kier alpha value is -2.60. The highest BCUT2D eigenvalue weighted by Crippen LogP contribution is 2.29. The Morgan fingerprint density at radius 2 is 1.80 bits per heavy atom. The third kappa shape index (κ3) is 3.58. The summed E-state index contributed by atoms with van der Waals surface area (Å²) in [6.45, 7) is 3.67. The predicted octanol–water partition coefficient (Wildman–Crippen LogP) is 5.00. The molecule has 1 aromatic heterocycles. The zero-order chi connectivity index (χ0) is 18.0. The molecule has 3 rings (SSSR count). The van der Waals surface area contributed by atoms with Crippen molar-refractivity contribution < 1.29 is 13.6 Å². The zero-order valence-electron chi connectivity index (χ0n) is 13.7. The highest BCUT2D eigenvalue weighted by atomic mass is 32.1. The van der Waals surface area contributed by atoms with E-state index in [0.717, 1.165) is 17.7 Å². The van der Waals surface area contributed by atoms with E-state index in [4.69, 9.17) is 0 Å². The minimum absolute atomic E-state index is 0.190. The molecule has 1 amide bonds. The number of nitrogens with one attached hydrogen (secondary N) is 1. The number of aromatic nitrogens is 1. The van der Waals surface area contributed by atoms with Crippen LogP contribution in [0.15, 0.2) is 53.9 Å². The topological polar surface area (TPSA) is 42.0 Å². The van der Waals surface area contributed by atoms with E-state index < -0.39 is 17.0 Å². The molecular formula is C19H16F2N2OS. The lowest BCUT2D eigenvalue weighted by atomic mass is 9.84. The number of amides is 1. The van der Waals surface area contributed by atoms with Crippen molar-refractivity contribution in [2.75, 3.05) is 5.32 Å². The molecule has 0 aliphatic heterocycles. The lowest BCUT2D eigenvalue weighted by molar-refractivity contribution is -0.120. The Kier molecular flexibility index (Phi) is 4.63. The first-order chi connectivity index (χ1) is 11.9. The molecule has 0 bridgehead atoms. The van der Waals surface area contributed by atoms with Crippen LogP contribution < -0.4 is 5.32 Å². The molecule has 3 aromatic rings. The van der Waals surface area contributed by atoms with E-state index in [1.54, 1.807) is 5.38 Å². The first kappa shape index (κ1) is 17.2. The van der Waals surface area contributed by atoms with E-state index in [2.05, 4.69) is 10.3 Å². The summed E-state index contributed by atoms with van der Waals surface area (Å²) < 4.78 is 26.4. The highest BCUT2D eigenvalue weighted by molar-refractivity contribution is 7.14. The van der Waals surface area contributed by atoms with E-state index in [-0.39, 0.29) is 5.91 Å². The third-order valence-electron chi connectivity index (χ3n) is 4.00. The van der Waals surface area contributed by atoms with Crippen LogP contribution in [0.5, 0.6) is 0 Å². The summed E-state index contributed by atoms with van der Waals surface area (Å²) in [6.07, 6.45) is 0. The quantitative estimate of drug-likeness (QED) is 0.713. The number of carbonyl (C=O) groups excluding carboxylic acids is 1. The number of halogens is 2. The van der Waals surface area contributed by atoms with Crippen molar-refractivity contribution in [3.63, 3.8) is 0 Å². The van der Waals surface area contributed by atoms with Gasteiger partial charge < -0.3 is 5.32 Å². The van der Waals surface area contributed by atoms with Gasteiger partial charge in [0.05, 0.1) is 11.1 Å². The fourth-order valence-corrected chi connectivity index (χ4v) is 3.07. The van der Waals surface area contributed by atoms with Crippen LogP contribution in [0.25, 0.3) is 11.3 Å². The van der Waals surface area contributed by atoms with Crippen molar-refractivity contribution in [1.29, 1.82) is 0 Å². The number of rotatable bonds is 4. The van der Waals surface area contributed by atoms with Crippen LogP contribution in [-0.2, 0) is 10.2 Å². The molecule has 25 heavy (non-hydrogen) atoms. The summed E-state index contributed by atoms with van der Waals surface area (Å²) in [6, 6.07) is 13.1. The lowest BCUT2D eigenvalue weighted by Gasteiger charge is -2.23. The van der Waals surface area contributed by atoms with Gasteiger partial charge in [0, 0.05) is 10.9 Å². The van der Waals surface area contributed by atoms with Gasteiger partial charge in [-0.3, -0.25) is 4.79 Å². The first-order valence-corrected chi connectivity index (χ1v) is 8.54. The van der Waals surface area contributed by atoms with Crippen LogP contribution in [-0.4, -0.2) is 10.9 Å². The molecular weight excluding hydrogens is 342 g/mol. The van der Waals surface area contributed by atoms with Crippen molar-refractivity contribution in [3.8, 4) is 11.3 Å². The average molecular weight is 358 g/mol. The predicted molar refractivity (Wildman–Crippen MR) is 95.6 cm³/mol. The van der Waals surface area contributed by atoms with E-state index in [1.165, 1.54) is 17.4 Å². The molecule has 0 radical (unpaired) electrons. The van der Waals surface area contributed by atoms with Gasteiger partial charge in [-0.05, 0) is 37.6 Å². The average Bonchev–Trinajstić information content (AvgIpc) is 3.06. The van der Waals surface area contributed by atoms with Gasteiger partial charge >= 0.3 is 0 Å². The second-order valence-corrected chi connectivity index (χ2v) is 6.97. The van der Waals surface area contributed by atoms with Gasteiger partial charge in [0.15, 0.2) is 16.8 Å². The molecule has 0 aliphatic rings. The number of carbonyl (C=O) groups is 1. The smallest absolute Gasteiger partial charge is 0.236 e. The zero-order valence-corrected chi connectivity index (χ0v) is 14.5. The van der Waals surface area contributed by atoms with Gasteiger partial charge in [0.25, 0.3) is 0 Å². The van der Waals surface area contributed by atoms with Crippen LogP contribution in [0.1, 0.15) is 19.4 Å². The second kappa shape index (κ2) is 6.72. The van der Waals surface area contributed by atoms with Crippen molar-refractivity contribution in [3.05, 3.63) is 71.1 Å². The second-order valence-electron chi connectivity index (χ2n) is 6.11. The minimum Gasteiger partial charge on any atom is -0.301 e. The maximum absolute atomic E-state index is 13.4. The highest BCUT2D eigenvalue weighted by Gasteiger charge is 2.30. The lowest BCUT2D eigenvalue weighted by Crippen LogP contribution is -2.34. The first-order valence-electron chi connectivity index (χ1n) is 7.66. The van der Waals surface area contributed by atoms with Crippen molar-refractivity contribution in [2.45, 2.75) is 19.3 Å². The van der Waals surface area contributed by atoms with E-state index >= 15 is 0 Å². The summed E-state index contributed by atoms with van der Waals surface area (Å²) >= 11 is 1.23. The third-order valence-corrected chi connectivity index (χ3v) is 4.76. The molecule has 128 valence electrons. The van der Waals surface area contributed by atoms with Gasteiger partial charge in [-0.2, -0.15) is 0 Å². The summed E-state index contributed by atoms with van der Waals surface area (Å²) in [5.74, 6) is -2.02. The molecule has 1 N–H and O–H groups in total. The molecule has 0 unspecified atom stereocenters. The largest absolute Gasteiger partial charge is 0.301 e. The molecule has 0 aliphatic carbocycles. The molecule has 6 heteroatoms. The van der Waals surface area contributed by atoms with Crippen LogP contribution in [0.2, 0.25) is 0 Å². The summed E-state index contributed by atoms with van der Waals surface area (Å²) in [4.78, 5) is 16.9. The molecule has 3 nitrogen and oxygen atoms in total. The number of benzene rings is 2. The number of hydrogen-bond donors (Lipinski definition) is 1. The van der Waals surface area contributed by atoms with E-state index in [1.807, 2.05) is 44.2 Å². The molecule has 0 saturated heterocycles. The molecule has 0 atom stereocenters. The molecule has 0 fully saturated rings. The number of anilines is 1. The normalized spacial score (nSPS) is 11.4. The van der Waals surface area contributed by atoms with Crippen LogP contribution in [0, 0.1) is 11.6 Å². The van der Waals surface area contributed by atoms with E-state index in [9.17, 15) is 13.6 Å². The Bertz CT molecular complexity index is 907. The van der Waals surface area contributed by atoms with Gasteiger partial charge in [0.1, 0.15) is 0 Å². The Morgan fingerprint density at radius 3 is 2.48 bits per heavy atom. The van der Waals surface area contributed by atoms with Crippen molar-refractivity contribution in [2.24, 2.45) is 0 Å². The van der Waals surface area contributed by atoms with Gasteiger partial charge in [-0.15, -0.1) is 11.3 Å². The number of hydrogen-bond acceptors (Lipinski definition) is 3. The monoisotopic (exact) mass is 358 g/mol. The summed E-state index contributed by atoms with van der Waals surface area (Å²) in [7, 11) is 0. The molecule has 0 spiro atoms. The van der Waals surface area contributed by atoms with Crippen molar-refractivity contribution >= 4 is 22.4 Å². The standard InChI is InChI=1S/C19H16F2N2OS/c1-19(2,13-6-4-3-5-7-13)17(24)23-18-22-16(11-25-18)12-8-9-14(20)15(21)10-12/h3-11H,1-2H3,(H,22,23,24). The van der Waals surface area contributed by atoms with Crippen LogP contribution >= 0.6 is 11.3 Å². The molecule has 1 heterocycles. The fourth-order valence-electron chi connectivity index (χ4n) is 2.36. The fraction of sp³-hybridized carbons (Fsp3) is 0.158. The summed E-state index contributed by atoms with van der Waals surface area (Å²) in [5.41, 5.74) is 1.11. The Balaban J connectivity index is 1.79. The Labute approximate surface area is 148 Å². The van der Waals surface area contributed by atoms with Crippen LogP contribution in [0.3, 0.4) is 0 Å². The van der Waals surface area contributed by atoms with Gasteiger partial charge in [0.2, 0.25) is 5.91 Å². The maximum Gasteiger partial charge on any atom is 0.236 e. The SMILES string of the molecule is CC(C)(C(=O)Nc1nc(-c2ccc(F)c(F)c2)cs1)c1ccccc1. The minimum atomic E-state index is -0.929. The van der Waals surface area contributed by atoms with Crippen molar-refractivity contribution in [1.82, 2.24) is 4.98 Å². The van der Waals surface area contributed by atoms with Crippen LogP contribution in [0.4, 0.5) is 13.9 Å². The van der Waals surface area contributed by atoms with E-state index in [0.29, 0.717) is 16.4 Å². The number of nitrogens with zero attached hydrogens (tertiary/aromatic N) is 1. The Morgan fingerprint density at radius 1 is 1.08 bits per heavy atom.